The first kappa shape index (κ1) is 18.4. The number of nitrogens with zero attached hydrogens (tertiary/aromatic N) is 2. The van der Waals surface area contributed by atoms with Gasteiger partial charge in [-0.15, -0.1) is 0 Å². The Hall–Kier alpha value is -2.93. The predicted molar refractivity (Wildman–Crippen MR) is 96.9 cm³/mol. The SMILES string of the molecule is CCCN(Cc1ccc(C#N)cc1)C(=O)CCC(=O)c1ccccc1. The average Bonchev–Trinajstić information content (AvgIpc) is 2.66. The summed E-state index contributed by atoms with van der Waals surface area (Å²) in [6.07, 6.45) is 1.29. The molecule has 0 fully saturated rings. The summed E-state index contributed by atoms with van der Waals surface area (Å²) >= 11 is 0. The lowest BCUT2D eigenvalue weighted by molar-refractivity contribution is -0.131. The van der Waals surface area contributed by atoms with Crippen molar-refractivity contribution in [2.75, 3.05) is 6.54 Å². The number of nitriles is 1. The molecule has 2 aromatic carbocycles. The predicted octanol–water partition coefficient (Wildman–Crippen LogP) is 3.96. The molecule has 2 rings (SSSR count). The third kappa shape index (κ3) is 5.58. The molecule has 0 heterocycles. The van der Waals surface area contributed by atoms with Crippen molar-refractivity contribution in [3.63, 3.8) is 0 Å². The van der Waals surface area contributed by atoms with Crippen LogP contribution >= 0.6 is 0 Å². The van der Waals surface area contributed by atoms with Gasteiger partial charge < -0.3 is 4.90 Å². The van der Waals surface area contributed by atoms with Gasteiger partial charge in [0, 0.05) is 31.5 Å². The summed E-state index contributed by atoms with van der Waals surface area (Å²) in [5.74, 6) is -0.0285. The molecule has 128 valence electrons. The van der Waals surface area contributed by atoms with Crippen molar-refractivity contribution < 1.29 is 9.59 Å². The van der Waals surface area contributed by atoms with E-state index in [9.17, 15) is 9.59 Å². The topological polar surface area (TPSA) is 61.2 Å². The second-order valence-corrected chi connectivity index (χ2v) is 5.91. The van der Waals surface area contributed by atoms with Gasteiger partial charge in [-0.2, -0.15) is 5.26 Å². The van der Waals surface area contributed by atoms with Gasteiger partial charge >= 0.3 is 0 Å². The van der Waals surface area contributed by atoms with E-state index >= 15 is 0 Å². The first-order chi connectivity index (χ1) is 12.1. The smallest absolute Gasteiger partial charge is 0.223 e. The maximum atomic E-state index is 12.5. The highest BCUT2D eigenvalue weighted by atomic mass is 16.2. The highest BCUT2D eigenvalue weighted by molar-refractivity contribution is 5.97. The number of ketones is 1. The number of benzene rings is 2. The standard InChI is InChI=1S/C21H22N2O2/c1-2-14-23(16-18-10-8-17(15-22)9-11-18)21(25)13-12-20(24)19-6-4-3-5-7-19/h3-11H,2,12-14,16H2,1H3. The fraction of sp³-hybridized carbons (Fsp3) is 0.286. The summed E-state index contributed by atoms with van der Waals surface area (Å²) in [6, 6.07) is 18.4. The number of hydrogen-bond acceptors (Lipinski definition) is 3. The first-order valence-electron chi connectivity index (χ1n) is 8.49. The van der Waals surface area contributed by atoms with E-state index in [0.29, 0.717) is 24.2 Å². The molecule has 4 nitrogen and oxygen atoms in total. The van der Waals surface area contributed by atoms with Crippen LogP contribution in [0.1, 0.15) is 47.7 Å². The summed E-state index contributed by atoms with van der Waals surface area (Å²) in [6.45, 7) is 3.17. The Balaban J connectivity index is 1.95. The molecule has 0 radical (unpaired) electrons. The quantitative estimate of drug-likeness (QED) is 0.687. The maximum Gasteiger partial charge on any atom is 0.223 e. The van der Waals surface area contributed by atoms with Gasteiger partial charge in [-0.1, -0.05) is 49.4 Å². The lowest BCUT2D eigenvalue weighted by Gasteiger charge is -2.22. The lowest BCUT2D eigenvalue weighted by Crippen LogP contribution is -2.31. The van der Waals surface area contributed by atoms with E-state index in [1.54, 1.807) is 29.2 Å². The molecule has 0 atom stereocenters. The van der Waals surface area contributed by atoms with Crippen molar-refractivity contribution >= 4 is 11.7 Å². The Kier molecular flexibility index (Phi) is 6.91. The summed E-state index contributed by atoms with van der Waals surface area (Å²) in [4.78, 5) is 26.5. The number of carbonyl (C=O) groups excluding carboxylic acids is 2. The van der Waals surface area contributed by atoms with Crippen LogP contribution in [0.2, 0.25) is 0 Å². The zero-order chi connectivity index (χ0) is 18.1. The molecule has 0 aliphatic rings. The molecule has 1 amide bonds. The molecule has 0 unspecified atom stereocenters. The monoisotopic (exact) mass is 334 g/mol. The number of Topliss-reactive ketones (excluding diaryl/α,β-unsaturated/α-hetero) is 1. The molecular formula is C21H22N2O2. The van der Waals surface area contributed by atoms with E-state index in [-0.39, 0.29) is 24.5 Å². The van der Waals surface area contributed by atoms with Crippen LogP contribution in [-0.2, 0) is 11.3 Å². The molecule has 0 aromatic heterocycles. The van der Waals surface area contributed by atoms with E-state index in [1.807, 2.05) is 37.3 Å². The van der Waals surface area contributed by atoms with Gasteiger partial charge in [0.25, 0.3) is 0 Å². The molecule has 4 heteroatoms. The fourth-order valence-corrected chi connectivity index (χ4v) is 2.61. The van der Waals surface area contributed by atoms with Gasteiger partial charge in [0.05, 0.1) is 11.6 Å². The average molecular weight is 334 g/mol. The van der Waals surface area contributed by atoms with Crippen LogP contribution < -0.4 is 0 Å². The highest BCUT2D eigenvalue weighted by Crippen LogP contribution is 2.11. The van der Waals surface area contributed by atoms with E-state index in [1.165, 1.54) is 0 Å². The van der Waals surface area contributed by atoms with Gasteiger partial charge in [0.15, 0.2) is 5.78 Å². The molecule has 0 saturated heterocycles. The van der Waals surface area contributed by atoms with Gasteiger partial charge in [0.1, 0.15) is 0 Å². The first-order valence-corrected chi connectivity index (χ1v) is 8.49. The van der Waals surface area contributed by atoms with Gasteiger partial charge in [0.2, 0.25) is 5.91 Å². The number of rotatable bonds is 8. The largest absolute Gasteiger partial charge is 0.338 e. The minimum atomic E-state index is -0.0181. The van der Waals surface area contributed by atoms with Crippen LogP contribution in [0.4, 0.5) is 0 Å². The summed E-state index contributed by atoms with van der Waals surface area (Å²) in [5.41, 5.74) is 2.23. The van der Waals surface area contributed by atoms with Gasteiger partial charge in [-0.3, -0.25) is 9.59 Å². The minimum absolute atomic E-state index is 0.0104. The third-order valence-corrected chi connectivity index (χ3v) is 3.96. The van der Waals surface area contributed by atoms with Crippen LogP contribution in [0, 0.1) is 11.3 Å². The zero-order valence-corrected chi connectivity index (χ0v) is 14.4. The second kappa shape index (κ2) is 9.39. The van der Waals surface area contributed by atoms with E-state index in [2.05, 4.69) is 6.07 Å². The van der Waals surface area contributed by atoms with Gasteiger partial charge in [-0.25, -0.2) is 0 Å². The Morgan fingerprint density at radius 1 is 1.00 bits per heavy atom. The number of hydrogen-bond donors (Lipinski definition) is 0. The van der Waals surface area contributed by atoms with Crippen molar-refractivity contribution in [3.05, 3.63) is 71.3 Å². The summed E-state index contributed by atoms with van der Waals surface area (Å²) in [5, 5.41) is 8.85. The highest BCUT2D eigenvalue weighted by Gasteiger charge is 2.15. The maximum absolute atomic E-state index is 12.5. The summed E-state index contributed by atoms with van der Waals surface area (Å²) < 4.78 is 0. The van der Waals surface area contributed by atoms with Crippen molar-refractivity contribution in [3.8, 4) is 6.07 Å². The van der Waals surface area contributed by atoms with Crippen molar-refractivity contribution in [1.29, 1.82) is 5.26 Å². The van der Waals surface area contributed by atoms with Crippen molar-refractivity contribution in [2.45, 2.75) is 32.7 Å². The van der Waals surface area contributed by atoms with Crippen LogP contribution in [0.5, 0.6) is 0 Å². The normalized spacial score (nSPS) is 10.1. The Labute approximate surface area is 148 Å². The molecule has 2 aromatic rings. The van der Waals surface area contributed by atoms with E-state index < -0.39 is 0 Å². The molecule has 0 spiro atoms. The Bertz CT molecular complexity index is 746. The second-order valence-electron chi connectivity index (χ2n) is 5.91. The summed E-state index contributed by atoms with van der Waals surface area (Å²) in [7, 11) is 0. The lowest BCUT2D eigenvalue weighted by atomic mass is 10.1. The van der Waals surface area contributed by atoms with E-state index in [0.717, 1.165) is 12.0 Å². The van der Waals surface area contributed by atoms with Gasteiger partial charge in [-0.05, 0) is 24.1 Å². The van der Waals surface area contributed by atoms with Crippen LogP contribution in [0.25, 0.3) is 0 Å². The van der Waals surface area contributed by atoms with Crippen LogP contribution in [0.3, 0.4) is 0 Å². The molecule has 0 N–H and O–H groups in total. The molecule has 25 heavy (non-hydrogen) atoms. The molecule has 0 saturated carbocycles. The van der Waals surface area contributed by atoms with Crippen molar-refractivity contribution in [2.24, 2.45) is 0 Å². The van der Waals surface area contributed by atoms with Crippen LogP contribution in [-0.4, -0.2) is 23.1 Å². The molecule has 0 bridgehead atoms. The van der Waals surface area contributed by atoms with Crippen LogP contribution in [0.15, 0.2) is 54.6 Å². The molecular weight excluding hydrogens is 312 g/mol. The number of carbonyl (C=O) groups is 2. The molecule has 0 aliphatic carbocycles. The third-order valence-electron chi connectivity index (χ3n) is 3.96. The Morgan fingerprint density at radius 3 is 2.28 bits per heavy atom. The van der Waals surface area contributed by atoms with E-state index in [4.69, 9.17) is 5.26 Å². The fourth-order valence-electron chi connectivity index (χ4n) is 2.61. The van der Waals surface area contributed by atoms with Crippen molar-refractivity contribution in [1.82, 2.24) is 4.90 Å². The Morgan fingerprint density at radius 2 is 1.68 bits per heavy atom. The number of amides is 1. The zero-order valence-electron chi connectivity index (χ0n) is 14.4. The molecule has 0 aliphatic heterocycles. The minimum Gasteiger partial charge on any atom is -0.338 e.